The van der Waals surface area contributed by atoms with Gasteiger partial charge in [0.15, 0.2) is 5.13 Å². The van der Waals surface area contributed by atoms with Crippen LogP contribution in [0.5, 0.6) is 0 Å². The molecule has 1 unspecified atom stereocenters. The summed E-state index contributed by atoms with van der Waals surface area (Å²) in [6, 6.07) is 0.776. The number of hydrogen-bond donors (Lipinski definition) is 1. The third kappa shape index (κ3) is 2.07. The smallest absolute Gasteiger partial charge is 0.185 e. The van der Waals surface area contributed by atoms with Crippen LogP contribution in [0.4, 0.5) is 5.13 Å². The van der Waals surface area contributed by atoms with Crippen molar-refractivity contribution in [2.75, 3.05) is 44.2 Å². The van der Waals surface area contributed by atoms with Gasteiger partial charge in [0.2, 0.25) is 0 Å². The van der Waals surface area contributed by atoms with Crippen LogP contribution in [0.2, 0.25) is 0 Å². The summed E-state index contributed by atoms with van der Waals surface area (Å²) in [6.45, 7) is 7.00. The Morgan fingerprint density at radius 1 is 1.31 bits per heavy atom. The van der Waals surface area contributed by atoms with Gasteiger partial charge in [-0.05, 0) is 13.0 Å². The zero-order valence-electron chi connectivity index (χ0n) is 9.43. The van der Waals surface area contributed by atoms with Gasteiger partial charge < -0.3 is 10.2 Å². The zero-order valence-corrected chi connectivity index (χ0v) is 10.2. The van der Waals surface area contributed by atoms with Crippen molar-refractivity contribution >= 4 is 16.5 Å². The third-order valence-corrected chi connectivity index (χ3v) is 4.39. The van der Waals surface area contributed by atoms with Gasteiger partial charge in [0.25, 0.3) is 0 Å². The molecule has 3 rings (SSSR count). The van der Waals surface area contributed by atoms with Gasteiger partial charge in [-0.25, -0.2) is 4.98 Å². The Bertz CT molecular complexity index is 313. The van der Waals surface area contributed by atoms with E-state index in [9.17, 15) is 0 Å². The Balaban J connectivity index is 1.55. The summed E-state index contributed by atoms with van der Waals surface area (Å²) in [5, 5.41) is 6.69. The Labute approximate surface area is 100 Å². The van der Waals surface area contributed by atoms with Gasteiger partial charge >= 0.3 is 0 Å². The monoisotopic (exact) mass is 238 g/mol. The van der Waals surface area contributed by atoms with E-state index in [0.29, 0.717) is 0 Å². The molecule has 0 aliphatic carbocycles. The van der Waals surface area contributed by atoms with Crippen LogP contribution >= 0.6 is 11.3 Å². The summed E-state index contributed by atoms with van der Waals surface area (Å²) in [5.74, 6) is 0. The highest BCUT2D eigenvalue weighted by molar-refractivity contribution is 7.13. The van der Waals surface area contributed by atoms with Crippen LogP contribution in [-0.4, -0.2) is 55.2 Å². The Morgan fingerprint density at radius 2 is 2.19 bits per heavy atom. The maximum atomic E-state index is 4.38. The predicted molar refractivity (Wildman–Crippen MR) is 67.2 cm³/mol. The van der Waals surface area contributed by atoms with Crippen molar-refractivity contribution in [2.24, 2.45) is 0 Å². The van der Waals surface area contributed by atoms with E-state index in [1.54, 1.807) is 11.3 Å². The van der Waals surface area contributed by atoms with Crippen LogP contribution in [0.15, 0.2) is 11.6 Å². The van der Waals surface area contributed by atoms with Gasteiger partial charge in [0.1, 0.15) is 0 Å². The van der Waals surface area contributed by atoms with Crippen molar-refractivity contribution in [1.29, 1.82) is 0 Å². The average Bonchev–Trinajstić information content (AvgIpc) is 3.03. The van der Waals surface area contributed by atoms with Crippen molar-refractivity contribution in [3.05, 3.63) is 11.6 Å². The Hall–Kier alpha value is -0.650. The molecule has 16 heavy (non-hydrogen) atoms. The van der Waals surface area contributed by atoms with Crippen LogP contribution in [0, 0.1) is 0 Å². The standard InChI is InChI=1S/C11H18N4S/c1-2-12-9-10(1)14-4-6-15(7-5-14)11-13-3-8-16-11/h3,8,10,12H,1-2,4-7,9H2. The van der Waals surface area contributed by atoms with E-state index in [4.69, 9.17) is 0 Å². The summed E-state index contributed by atoms with van der Waals surface area (Å²) >= 11 is 1.75. The molecule has 1 aromatic rings. The number of nitrogens with zero attached hydrogens (tertiary/aromatic N) is 3. The maximum absolute atomic E-state index is 4.38. The molecule has 2 aliphatic heterocycles. The normalized spacial score (nSPS) is 27.5. The number of nitrogens with one attached hydrogen (secondary N) is 1. The fourth-order valence-corrected chi connectivity index (χ4v) is 3.30. The lowest BCUT2D eigenvalue weighted by molar-refractivity contribution is 0.196. The van der Waals surface area contributed by atoms with Crippen LogP contribution < -0.4 is 10.2 Å². The lowest BCUT2D eigenvalue weighted by atomic mass is 10.2. The molecular weight excluding hydrogens is 220 g/mol. The second-order valence-corrected chi connectivity index (χ2v) is 5.36. The van der Waals surface area contributed by atoms with Gasteiger partial charge in [-0.1, -0.05) is 0 Å². The molecular formula is C11H18N4S. The van der Waals surface area contributed by atoms with Crippen molar-refractivity contribution in [1.82, 2.24) is 15.2 Å². The third-order valence-electron chi connectivity index (χ3n) is 3.55. The van der Waals surface area contributed by atoms with Gasteiger partial charge in [0.05, 0.1) is 0 Å². The van der Waals surface area contributed by atoms with Gasteiger partial charge in [-0.2, -0.15) is 0 Å². The molecule has 2 saturated heterocycles. The lowest BCUT2D eigenvalue weighted by Crippen LogP contribution is -2.51. The molecule has 0 radical (unpaired) electrons. The first-order valence-electron chi connectivity index (χ1n) is 6.03. The summed E-state index contributed by atoms with van der Waals surface area (Å²) in [4.78, 5) is 9.41. The number of aromatic nitrogens is 1. The topological polar surface area (TPSA) is 31.4 Å². The highest BCUT2D eigenvalue weighted by atomic mass is 32.1. The van der Waals surface area contributed by atoms with Crippen LogP contribution in [0.25, 0.3) is 0 Å². The minimum atomic E-state index is 0.776. The van der Waals surface area contributed by atoms with Gasteiger partial charge in [-0.15, -0.1) is 11.3 Å². The molecule has 1 N–H and O–H groups in total. The molecule has 0 aromatic carbocycles. The van der Waals surface area contributed by atoms with E-state index in [0.717, 1.165) is 19.1 Å². The second-order valence-electron chi connectivity index (χ2n) is 4.48. The first-order valence-corrected chi connectivity index (χ1v) is 6.90. The Morgan fingerprint density at radius 3 is 2.81 bits per heavy atom. The zero-order chi connectivity index (χ0) is 10.8. The molecule has 2 fully saturated rings. The molecule has 2 aliphatic rings. The van der Waals surface area contributed by atoms with E-state index in [1.165, 1.54) is 37.7 Å². The number of thiazole rings is 1. The van der Waals surface area contributed by atoms with Crippen LogP contribution in [0.3, 0.4) is 0 Å². The molecule has 1 aromatic heterocycles. The highest BCUT2D eigenvalue weighted by Gasteiger charge is 2.26. The molecule has 0 saturated carbocycles. The van der Waals surface area contributed by atoms with E-state index >= 15 is 0 Å². The van der Waals surface area contributed by atoms with E-state index in [-0.39, 0.29) is 0 Å². The minimum Gasteiger partial charge on any atom is -0.346 e. The first-order chi connectivity index (χ1) is 7.93. The average molecular weight is 238 g/mol. The van der Waals surface area contributed by atoms with Gasteiger partial charge in [-0.3, -0.25) is 4.90 Å². The fraction of sp³-hybridized carbons (Fsp3) is 0.727. The Kier molecular flexibility index (Phi) is 3.08. The molecule has 1 atom stereocenters. The SMILES string of the molecule is c1csc(N2CCN(C3CCNC3)CC2)n1. The summed E-state index contributed by atoms with van der Waals surface area (Å²) in [7, 11) is 0. The van der Waals surface area contributed by atoms with Crippen LogP contribution in [0.1, 0.15) is 6.42 Å². The highest BCUT2D eigenvalue weighted by Crippen LogP contribution is 2.20. The summed E-state index contributed by atoms with van der Waals surface area (Å²) in [6.07, 6.45) is 3.21. The lowest BCUT2D eigenvalue weighted by Gasteiger charge is -2.37. The van der Waals surface area contributed by atoms with Crippen molar-refractivity contribution in [3.63, 3.8) is 0 Å². The number of piperazine rings is 1. The molecule has 4 nitrogen and oxygen atoms in total. The van der Waals surface area contributed by atoms with E-state index < -0.39 is 0 Å². The number of rotatable bonds is 2. The number of hydrogen-bond acceptors (Lipinski definition) is 5. The second kappa shape index (κ2) is 4.69. The largest absolute Gasteiger partial charge is 0.346 e. The van der Waals surface area contributed by atoms with E-state index in [1.807, 2.05) is 6.20 Å². The van der Waals surface area contributed by atoms with Gasteiger partial charge in [0, 0.05) is 50.3 Å². The molecule has 0 amide bonds. The fourth-order valence-electron chi connectivity index (χ4n) is 2.60. The van der Waals surface area contributed by atoms with Crippen molar-refractivity contribution < 1.29 is 0 Å². The van der Waals surface area contributed by atoms with Crippen molar-refractivity contribution in [2.45, 2.75) is 12.5 Å². The first kappa shape index (κ1) is 10.5. The molecule has 0 spiro atoms. The number of anilines is 1. The molecule has 0 bridgehead atoms. The minimum absolute atomic E-state index is 0.776. The molecule has 5 heteroatoms. The van der Waals surface area contributed by atoms with Crippen LogP contribution in [-0.2, 0) is 0 Å². The van der Waals surface area contributed by atoms with Crippen molar-refractivity contribution in [3.8, 4) is 0 Å². The molecule has 88 valence electrons. The quantitative estimate of drug-likeness (QED) is 0.819. The summed E-state index contributed by atoms with van der Waals surface area (Å²) < 4.78 is 0. The predicted octanol–water partition coefficient (Wildman–Crippen LogP) is 0.627. The molecule has 3 heterocycles. The maximum Gasteiger partial charge on any atom is 0.185 e. The van der Waals surface area contributed by atoms with E-state index in [2.05, 4.69) is 25.5 Å². The summed E-state index contributed by atoms with van der Waals surface area (Å²) in [5.41, 5.74) is 0.